The van der Waals surface area contributed by atoms with E-state index in [4.69, 9.17) is 0 Å². The largest absolute Gasteiger partial charge is 0.327 e. The molecule has 1 aromatic carbocycles. The summed E-state index contributed by atoms with van der Waals surface area (Å²) in [5, 5.41) is 2.81. The van der Waals surface area contributed by atoms with Gasteiger partial charge in [0.25, 0.3) is 0 Å². The summed E-state index contributed by atoms with van der Waals surface area (Å²) in [6, 6.07) is 7.80. The summed E-state index contributed by atoms with van der Waals surface area (Å²) in [6.45, 7) is 1.77. The minimum Gasteiger partial charge on any atom is -0.327 e. The van der Waals surface area contributed by atoms with Gasteiger partial charge in [-0.2, -0.15) is 0 Å². The van der Waals surface area contributed by atoms with Gasteiger partial charge in [-0.1, -0.05) is 12.1 Å². The van der Waals surface area contributed by atoms with E-state index in [0.29, 0.717) is 5.69 Å². The topological polar surface area (TPSA) is 62.0 Å². The number of carbonyl (C=O) groups is 1. The molecule has 1 aromatic heterocycles. The van der Waals surface area contributed by atoms with Crippen molar-refractivity contribution < 1.29 is 9.18 Å². The van der Waals surface area contributed by atoms with Gasteiger partial charge in [-0.05, 0) is 42.5 Å². The zero-order valence-corrected chi connectivity index (χ0v) is 11.5. The van der Waals surface area contributed by atoms with Crippen molar-refractivity contribution in [3.05, 3.63) is 63.8 Å². The van der Waals surface area contributed by atoms with E-state index in [1.165, 1.54) is 24.4 Å². The fourth-order valence-corrected chi connectivity index (χ4v) is 2.52. The molecule has 0 radical (unpaired) electrons. The number of benzene rings is 1. The van der Waals surface area contributed by atoms with Crippen molar-refractivity contribution >= 4 is 11.6 Å². The number of halogens is 1. The van der Waals surface area contributed by atoms with Gasteiger partial charge >= 0.3 is 0 Å². The second kappa shape index (κ2) is 5.16. The summed E-state index contributed by atoms with van der Waals surface area (Å²) in [7, 11) is 0. The van der Waals surface area contributed by atoms with Gasteiger partial charge in [-0.15, -0.1) is 0 Å². The molecule has 2 aromatic rings. The number of aromatic nitrogens is 1. The highest BCUT2D eigenvalue weighted by Gasteiger charge is 2.44. The number of pyridine rings is 1. The summed E-state index contributed by atoms with van der Waals surface area (Å²) in [4.78, 5) is 25.9. The molecule has 1 amide bonds. The van der Waals surface area contributed by atoms with Gasteiger partial charge in [0.15, 0.2) is 0 Å². The molecule has 0 unspecified atom stereocenters. The van der Waals surface area contributed by atoms with E-state index in [9.17, 15) is 14.0 Å². The first-order chi connectivity index (χ1) is 10.0. The minimum atomic E-state index is -0.282. The Morgan fingerprint density at radius 2 is 2.19 bits per heavy atom. The first kappa shape index (κ1) is 13.5. The lowest BCUT2D eigenvalue weighted by Gasteiger charge is -2.07. The highest BCUT2D eigenvalue weighted by Crippen LogP contribution is 2.48. The molecule has 1 heterocycles. The molecule has 1 saturated carbocycles. The third-order valence-corrected chi connectivity index (χ3v) is 3.79. The number of aromatic amines is 1. The van der Waals surface area contributed by atoms with Crippen LogP contribution in [-0.2, 0) is 4.79 Å². The zero-order valence-electron chi connectivity index (χ0n) is 11.5. The van der Waals surface area contributed by atoms with E-state index in [-0.39, 0.29) is 29.1 Å². The predicted molar refractivity (Wildman–Crippen MR) is 77.7 cm³/mol. The van der Waals surface area contributed by atoms with Crippen LogP contribution in [0.3, 0.4) is 0 Å². The molecule has 2 atom stereocenters. The maximum absolute atomic E-state index is 13.2. The molecular weight excluding hydrogens is 271 g/mol. The minimum absolute atomic E-state index is 0.0729. The molecule has 0 spiro atoms. The van der Waals surface area contributed by atoms with Crippen molar-refractivity contribution in [1.82, 2.24) is 4.98 Å². The number of nitrogens with one attached hydrogen (secondary N) is 2. The van der Waals surface area contributed by atoms with E-state index in [1.54, 1.807) is 13.0 Å². The fraction of sp³-hybridized carbons (Fsp3) is 0.250. The van der Waals surface area contributed by atoms with Crippen molar-refractivity contribution in [2.75, 3.05) is 5.32 Å². The number of H-pyrrole nitrogens is 1. The van der Waals surface area contributed by atoms with Gasteiger partial charge in [0.2, 0.25) is 11.5 Å². The van der Waals surface area contributed by atoms with E-state index >= 15 is 0 Å². The monoisotopic (exact) mass is 286 g/mol. The Morgan fingerprint density at radius 1 is 1.38 bits per heavy atom. The number of carbonyl (C=O) groups excluding carboxylic acids is 1. The van der Waals surface area contributed by atoms with Crippen LogP contribution in [0, 0.1) is 18.7 Å². The second-order valence-corrected chi connectivity index (χ2v) is 5.39. The van der Waals surface area contributed by atoms with Crippen molar-refractivity contribution in [3.8, 4) is 0 Å². The molecular formula is C16H15FN2O2. The van der Waals surface area contributed by atoms with Gasteiger partial charge in [0.1, 0.15) is 5.82 Å². The van der Waals surface area contributed by atoms with Crippen LogP contribution in [0.2, 0.25) is 0 Å². The number of rotatable bonds is 3. The van der Waals surface area contributed by atoms with E-state index in [1.807, 2.05) is 6.07 Å². The molecule has 1 fully saturated rings. The molecule has 0 saturated heterocycles. The number of hydrogen-bond acceptors (Lipinski definition) is 2. The summed E-state index contributed by atoms with van der Waals surface area (Å²) in [5.41, 5.74) is 1.97. The van der Waals surface area contributed by atoms with Gasteiger partial charge < -0.3 is 10.3 Å². The lowest BCUT2D eigenvalue weighted by molar-refractivity contribution is -0.117. The maximum atomic E-state index is 13.2. The number of hydrogen-bond donors (Lipinski definition) is 2. The molecule has 1 aliphatic carbocycles. The summed E-state index contributed by atoms with van der Waals surface area (Å²) >= 11 is 0. The Morgan fingerprint density at radius 3 is 2.90 bits per heavy atom. The van der Waals surface area contributed by atoms with Crippen LogP contribution >= 0.6 is 0 Å². The Balaban J connectivity index is 1.69. The van der Waals surface area contributed by atoms with Crippen LogP contribution in [0.1, 0.15) is 23.5 Å². The summed E-state index contributed by atoms with van der Waals surface area (Å²) < 4.78 is 13.2. The average molecular weight is 286 g/mol. The van der Waals surface area contributed by atoms with Gasteiger partial charge in [0, 0.05) is 18.2 Å². The van der Waals surface area contributed by atoms with Gasteiger partial charge in [0.05, 0.1) is 5.69 Å². The molecule has 1 aliphatic rings. The average Bonchev–Trinajstić information content (AvgIpc) is 3.22. The van der Waals surface area contributed by atoms with Crippen LogP contribution < -0.4 is 10.9 Å². The smallest absolute Gasteiger partial charge is 0.248 e. The van der Waals surface area contributed by atoms with E-state index in [2.05, 4.69) is 10.3 Å². The van der Waals surface area contributed by atoms with Crippen LogP contribution in [0.15, 0.2) is 41.3 Å². The fourth-order valence-electron chi connectivity index (χ4n) is 2.52. The van der Waals surface area contributed by atoms with Crippen LogP contribution in [-0.4, -0.2) is 10.9 Å². The van der Waals surface area contributed by atoms with Crippen LogP contribution in [0.5, 0.6) is 0 Å². The Hall–Kier alpha value is -2.43. The molecule has 108 valence electrons. The van der Waals surface area contributed by atoms with Crippen LogP contribution in [0.25, 0.3) is 0 Å². The lowest BCUT2D eigenvalue weighted by atomic mass is 10.1. The molecule has 2 N–H and O–H groups in total. The molecule has 4 nitrogen and oxygen atoms in total. The molecule has 0 bridgehead atoms. The predicted octanol–water partition coefficient (Wildman–Crippen LogP) is 2.56. The third-order valence-electron chi connectivity index (χ3n) is 3.79. The van der Waals surface area contributed by atoms with E-state index < -0.39 is 0 Å². The second-order valence-electron chi connectivity index (χ2n) is 5.39. The maximum Gasteiger partial charge on any atom is 0.248 e. The lowest BCUT2D eigenvalue weighted by Crippen LogP contribution is -2.17. The Labute approximate surface area is 121 Å². The summed E-state index contributed by atoms with van der Waals surface area (Å²) in [6.07, 6.45) is 2.22. The Bertz CT molecular complexity index is 754. The van der Waals surface area contributed by atoms with Crippen LogP contribution in [0.4, 0.5) is 10.1 Å². The normalized spacial score (nSPS) is 20.1. The summed E-state index contributed by atoms with van der Waals surface area (Å²) in [5.74, 6) is -0.448. The number of aryl methyl sites for hydroxylation is 1. The number of amides is 1. The highest BCUT2D eigenvalue weighted by atomic mass is 19.1. The van der Waals surface area contributed by atoms with Crippen molar-refractivity contribution in [2.45, 2.75) is 19.3 Å². The SMILES string of the molecule is Cc1cc(=O)[nH]cc1NC(=O)[C@@H]1C[C@@H]1c1cccc(F)c1. The molecule has 21 heavy (non-hydrogen) atoms. The quantitative estimate of drug-likeness (QED) is 0.911. The van der Waals surface area contributed by atoms with E-state index in [0.717, 1.165) is 17.5 Å². The Kier molecular flexibility index (Phi) is 3.33. The van der Waals surface area contributed by atoms with Crippen molar-refractivity contribution in [1.29, 1.82) is 0 Å². The van der Waals surface area contributed by atoms with Crippen molar-refractivity contribution in [3.63, 3.8) is 0 Å². The first-order valence-corrected chi connectivity index (χ1v) is 6.80. The number of anilines is 1. The standard InChI is InChI=1S/C16H15FN2O2/c1-9-5-15(20)18-8-14(9)19-16(21)13-7-12(13)10-3-2-4-11(17)6-10/h2-6,8,12-13H,7H2,1H3,(H,18,20)(H,19,21)/t12-,13-/m1/s1. The first-order valence-electron chi connectivity index (χ1n) is 6.80. The van der Waals surface area contributed by atoms with Crippen molar-refractivity contribution in [2.24, 2.45) is 5.92 Å². The molecule has 0 aliphatic heterocycles. The van der Waals surface area contributed by atoms with Gasteiger partial charge in [-0.3, -0.25) is 9.59 Å². The molecule has 3 rings (SSSR count). The van der Waals surface area contributed by atoms with Gasteiger partial charge in [-0.25, -0.2) is 4.39 Å². The third kappa shape index (κ3) is 2.86. The molecule has 5 heteroatoms. The highest BCUT2D eigenvalue weighted by molar-refractivity contribution is 5.95. The zero-order chi connectivity index (χ0) is 15.0.